The molecule has 2 aliphatic rings. The van der Waals surface area contributed by atoms with Crippen LogP contribution < -0.4 is 9.80 Å². The van der Waals surface area contributed by atoms with Gasteiger partial charge in [0.1, 0.15) is 0 Å². The summed E-state index contributed by atoms with van der Waals surface area (Å²) >= 11 is 0. The number of benzene rings is 9. The van der Waals surface area contributed by atoms with Gasteiger partial charge in [0, 0.05) is 49.6 Å². The number of hydrogen-bond acceptors (Lipinski definition) is 5. The Morgan fingerprint density at radius 3 is 1.08 bits per heavy atom. The van der Waals surface area contributed by atoms with Crippen molar-refractivity contribution in [3.05, 3.63) is 212 Å². The van der Waals surface area contributed by atoms with Crippen LogP contribution in [0, 0.1) is 0 Å². The van der Waals surface area contributed by atoms with Crippen molar-refractivity contribution in [3.63, 3.8) is 0 Å². The molecule has 12 aromatic rings. The van der Waals surface area contributed by atoms with Crippen molar-refractivity contribution in [1.29, 1.82) is 0 Å². The highest BCUT2D eigenvalue weighted by molar-refractivity contribution is 6.19. The molecule has 0 saturated carbocycles. The van der Waals surface area contributed by atoms with Gasteiger partial charge in [-0.3, -0.25) is 0 Å². The van der Waals surface area contributed by atoms with Gasteiger partial charge in [0.2, 0.25) is 0 Å². The fraction of sp³-hybridized carbons (Fsp3) is 0. The van der Waals surface area contributed by atoms with E-state index in [1.54, 1.807) is 0 Å². The van der Waals surface area contributed by atoms with Crippen LogP contribution >= 0.6 is 0 Å². The van der Waals surface area contributed by atoms with Crippen LogP contribution in [-0.2, 0) is 0 Å². The smallest absolute Gasteiger partial charge is 0.164 e. The van der Waals surface area contributed by atoms with Crippen LogP contribution in [0.15, 0.2) is 212 Å². The summed E-state index contributed by atoms with van der Waals surface area (Å²) in [6.45, 7) is 0. The first-order valence-corrected chi connectivity index (χ1v) is 21.6. The summed E-state index contributed by atoms with van der Waals surface area (Å²) in [4.78, 5) is 20.9. The second-order valence-corrected chi connectivity index (χ2v) is 16.5. The van der Waals surface area contributed by atoms with E-state index in [2.05, 4.69) is 213 Å². The lowest BCUT2D eigenvalue weighted by Crippen LogP contribution is -2.18. The van der Waals surface area contributed by atoms with Crippen LogP contribution in [0.4, 0.5) is 34.1 Å². The van der Waals surface area contributed by atoms with Gasteiger partial charge in [-0.15, -0.1) is 0 Å². The average Bonchev–Trinajstić information content (AvgIpc) is 3.89. The molecule has 0 radical (unpaired) electrons. The lowest BCUT2D eigenvalue weighted by molar-refractivity contribution is 1.07. The number of para-hydroxylation sites is 8. The van der Waals surface area contributed by atoms with E-state index in [0.29, 0.717) is 17.5 Å². The zero-order valence-corrected chi connectivity index (χ0v) is 34.3. The molecular formula is C57H35N7. The summed E-state index contributed by atoms with van der Waals surface area (Å²) in [5.41, 5.74) is 16.1. The fourth-order valence-electron chi connectivity index (χ4n) is 10.3. The highest BCUT2D eigenvalue weighted by Crippen LogP contribution is 2.53. The Kier molecular flexibility index (Phi) is 7.27. The number of aromatic nitrogens is 5. The lowest BCUT2D eigenvalue weighted by Gasteiger charge is -2.33. The van der Waals surface area contributed by atoms with Crippen molar-refractivity contribution in [2.75, 3.05) is 9.80 Å². The van der Waals surface area contributed by atoms with E-state index in [1.165, 1.54) is 10.8 Å². The van der Waals surface area contributed by atoms with Crippen LogP contribution in [-0.4, -0.2) is 24.1 Å². The standard InChI is InChI=1S/C57H35N7/c1-4-18-36(19-5-1)55-58-56(37-32-43-41-24-10-12-26-45(41)63-49-30-16-14-28-47(49)61(51(34-37)53(43)63)39-20-6-2-7-21-39)60-57(59-55)38-33-44-42-25-11-13-27-46(42)64-50-31-17-15-29-48(50)62(52(35-38)54(44)64)40-22-8-3-9-23-40/h1-35H. The predicted octanol–water partition coefficient (Wildman–Crippen LogP) is 14.6. The predicted molar refractivity (Wildman–Crippen MR) is 261 cm³/mol. The number of rotatable bonds is 5. The Balaban J connectivity index is 1.06. The highest BCUT2D eigenvalue weighted by atomic mass is 15.2. The molecule has 5 heterocycles. The van der Waals surface area contributed by atoms with E-state index < -0.39 is 0 Å². The molecule has 9 aromatic carbocycles. The molecule has 0 amide bonds. The highest BCUT2D eigenvalue weighted by Gasteiger charge is 2.32. The minimum Gasteiger partial charge on any atom is -0.306 e. The Bertz CT molecular complexity index is 3620. The molecule has 3 aromatic heterocycles. The van der Waals surface area contributed by atoms with Gasteiger partial charge in [0.15, 0.2) is 17.5 Å². The van der Waals surface area contributed by atoms with Crippen molar-refractivity contribution in [2.45, 2.75) is 0 Å². The summed E-state index contributed by atoms with van der Waals surface area (Å²) in [5, 5.41) is 4.62. The normalized spacial score (nSPS) is 12.6. The molecule has 0 bridgehead atoms. The number of anilines is 6. The zero-order chi connectivity index (χ0) is 41.9. The maximum Gasteiger partial charge on any atom is 0.164 e. The fourth-order valence-corrected chi connectivity index (χ4v) is 10.3. The SMILES string of the molecule is c1ccc(-c2nc(-c3cc4c5c(c3)c3ccccc3n5-c3ccccc3N4c3ccccc3)nc(-c3cc4c5c(c3)c3ccccc3n5-c3ccccc3N4c3ccccc3)n2)cc1. The molecule has 0 N–H and O–H groups in total. The molecule has 2 aliphatic heterocycles. The second kappa shape index (κ2) is 13.3. The van der Waals surface area contributed by atoms with Crippen LogP contribution in [0.5, 0.6) is 0 Å². The van der Waals surface area contributed by atoms with Gasteiger partial charge >= 0.3 is 0 Å². The zero-order valence-electron chi connectivity index (χ0n) is 34.3. The summed E-state index contributed by atoms with van der Waals surface area (Å²) < 4.78 is 4.83. The van der Waals surface area contributed by atoms with Gasteiger partial charge in [-0.05, 0) is 84.9 Å². The van der Waals surface area contributed by atoms with Gasteiger partial charge < -0.3 is 18.9 Å². The largest absolute Gasteiger partial charge is 0.306 e. The van der Waals surface area contributed by atoms with Gasteiger partial charge in [-0.1, -0.05) is 127 Å². The van der Waals surface area contributed by atoms with Crippen molar-refractivity contribution >= 4 is 77.7 Å². The maximum atomic E-state index is 5.48. The topological polar surface area (TPSA) is 55.0 Å². The van der Waals surface area contributed by atoms with E-state index in [9.17, 15) is 0 Å². The third kappa shape index (κ3) is 4.94. The molecule has 0 aliphatic carbocycles. The first-order chi connectivity index (χ1) is 31.8. The molecule has 0 unspecified atom stereocenters. The van der Waals surface area contributed by atoms with Crippen LogP contribution in [0.2, 0.25) is 0 Å². The summed E-state index contributed by atoms with van der Waals surface area (Å²) in [5.74, 6) is 1.82. The van der Waals surface area contributed by atoms with Crippen LogP contribution in [0.3, 0.4) is 0 Å². The maximum absolute atomic E-state index is 5.48. The molecule has 0 fully saturated rings. The van der Waals surface area contributed by atoms with Crippen LogP contribution in [0.1, 0.15) is 0 Å². The summed E-state index contributed by atoms with van der Waals surface area (Å²) in [6.07, 6.45) is 0. The number of nitrogens with zero attached hydrogens (tertiary/aromatic N) is 7. The number of hydrogen-bond donors (Lipinski definition) is 0. The molecule has 298 valence electrons. The van der Waals surface area contributed by atoms with Gasteiger partial charge in [-0.2, -0.15) is 0 Å². The van der Waals surface area contributed by atoms with E-state index in [0.717, 1.165) is 95.0 Å². The molecule has 0 spiro atoms. The number of fused-ring (bicyclic) bond motifs is 10. The Morgan fingerprint density at radius 2 is 0.625 bits per heavy atom. The Labute approximate surface area is 368 Å². The minimum absolute atomic E-state index is 0.604. The molecule has 7 nitrogen and oxygen atoms in total. The Hall–Kier alpha value is -8.81. The first-order valence-electron chi connectivity index (χ1n) is 21.6. The summed E-state index contributed by atoms with van der Waals surface area (Å²) in [7, 11) is 0. The van der Waals surface area contributed by atoms with Gasteiger partial charge in [-0.25, -0.2) is 15.0 Å². The van der Waals surface area contributed by atoms with Crippen molar-refractivity contribution in [3.8, 4) is 45.5 Å². The summed E-state index contributed by atoms with van der Waals surface area (Å²) in [6, 6.07) is 75.4. The van der Waals surface area contributed by atoms with E-state index >= 15 is 0 Å². The third-order valence-corrected chi connectivity index (χ3v) is 12.9. The van der Waals surface area contributed by atoms with E-state index in [1.807, 2.05) is 18.2 Å². The van der Waals surface area contributed by atoms with Gasteiger partial charge in [0.05, 0.1) is 56.2 Å². The van der Waals surface area contributed by atoms with Crippen molar-refractivity contribution in [1.82, 2.24) is 24.1 Å². The third-order valence-electron chi connectivity index (χ3n) is 12.9. The van der Waals surface area contributed by atoms with Crippen LogP contribution in [0.25, 0.3) is 89.2 Å². The molecular weight excluding hydrogens is 783 g/mol. The van der Waals surface area contributed by atoms with Gasteiger partial charge in [0.25, 0.3) is 0 Å². The Morgan fingerprint density at radius 1 is 0.266 bits per heavy atom. The monoisotopic (exact) mass is 817 g/mol. The first kappa shape index (κ1) is 34.9. The molecule has 14 rings (SSSR count). The lowest BCUT2D eigenvalue weighted by atomic mass is 10.0. The molecule has 64 heavy (non-hydrogen) atoms. The van der Waals surface area contributed by atoms with E-state index in [4.69, 9.17) is 15.0 Å². The average molecular weight is 818 g/mol. The molecule has 0 saturated heterocycles. The van der Waals surface area contributed by atoms with Crippen molar-refractivity contribution in [2.24, 2.45) is 0 Å². The van der Waals surface area contributed by atoms with Crippen molar-refractivity contribution < 1.29 is 0 Å². The molecule has 0 atom stereocenters. The second-order valence-electron chi connectivity index (χ2n) is 16.5. The minimum atomic E-state index is 0.604. The quantitative estimate of drug-likeness (QED) is 0.173. The van der Waals surface area contributed by atoms with E-state index in [-0.39, 0.29) is 0 Å². The molecule has 7 heteroatoms.